The summed E-state index contributed by atoms with van der Waals surface area (Å²) < 4.78 is 8.43. The Bertz CT molecular complexity index is 2740. The molecule has 2 atom stereocenters. The molecule has 4 saturated heterocycles. The average molecular weight is 995 g/mol. The van der Waals surface area contributed by atoms with E-state index >= 15 is 4.79 Å². The van der Waals surface area contributed by atoms with E-state index in [-0.39, 0.29) is 53.7 Å². The Balaban J connectivity index is 0.691. The minimum absolute atomic E-state index is 0.0352. The molecular formula is C57H74N10O6. The van der Waals surface area contributed by atoms with Gasteiger partial charge in [-0.15, -0.1) is 0 Å². The maximum Gasteiger partial charge on any atom is 0.238 e. The van der Waals surface area contributed by atoms with Crippen LogP contribution in [0.5, 0.6) is 5.88 Å². The Hall–Kier alpha value is -5.61. The van der Waals surface area contributed by atoms with Gasteiger partial charge in [-0.3, -0.25) is 19.2 Å². The van der Waals surface area contributed by atoms with Crippen molar-refractivity contribution in [2.24, 2.45) is 11.3 Å². The van der Waals surface area contributed by atoms with Crippen LogP contribution in [0, 0.1) is 11.3 Å². The zero-order valence-corrected chi connectivity index (χ0v) is 43.1. The molecule has 4 aromatic rings. The largest absolute Gasteiger partial charge is 0.474 e. The van der Waals surface area contributed by atoms with Crippen LogP contribution in [-0.2, 0) is 24.6 Å². The van der Waals surface area contributed by atoms with E-state index in [1.165, 1.54) is 19.3 Å². The molecule has 1 aromatic carbocycles. The smallest absolute Gasteiger partial charge is 0.238 e. The lowest BCUT2D eigenvalue weighted by Crippen LogP contribution is -2.59. The van der Waals surface area contributed by atoms with Gasteiger partial charge < -0.3 is 44.6 Å². The number of piperidine rings is 4. The summed E-state index contributed by atoms with van der Waals surface area (Å²) in [4.78, 5) is 79.6. The van der Waals surface area contributed by atoms with Gasteiger partial charge in [0.15, 0.2) is 5.82 Å². The van der Waals surface area contributed by atoms with Crippen LogP contribution in [0.25, 0.3) is 22.3 Å². The third-order valence-electron chi connectivity index (χ3n) is 18.5. The minimum atomic E-state index is -0.791. The Morgan fingerprint density at radius 3 is 2.25 bits per heavy atom. The first-order chi connectivity index (χ1) is 35.3. The first kappa shape index (κ1) is 48.3. The van der Waals surface area contributed by atoms with Gasteiger partial charge >= 0.3 is 0 Å². The number of carbonyl (C=O) groups is 4. The summed E-state index contributed by atoms with van der Waals surface area (Å²) in [6.45, 7) is 10.9. The van der Waals surface area contributed by atoms with E-state index in [2.05, 4.69) is 75.0 Å². The van der Waals surface area contributed by atoms with Gasteiger partial charge in [-0.1, -0.05) is 31.5 Å². The standard InChI is InChI=1S/C57H74N10O6/c1-35(2)66-34-59-46-32-45(61-51(50(46)66)60-39-11-12-39)37-9-16-44-47(29-37)67(41-30-40(31-41)63-23-5-4-6-24-63)55(72)57(44)21-27-65(28-22-57)54(71)56(3)19-25-64(26-20-56)53(70)36-7-13-42(14-8-36)73-49-18-10-38(33-58-49)43-15-17-48(68)62-52(43)69/h9-10,16,18,29,32-36,39-43,48,68H,4-8,11-15,17,19-28,30-31H2,1-3H3,(H,60,61)(H,62,69)/t36-,40-,41+,42-,43?,48?. The number of aromatic nitrogens is 4. The van der Waals surface area contributed by atoms with Gasteiger partial charge in [0.2, 0.25) is 29.5 Å². The normalized spacial score (nSPS) is 28.3. The van der Waals surface area contributed by atoms with E-state index in [4.69, 9.17) is 14.7 Å². The van der Waals surface area contributed by atoms with Gasteiger partial charge in [-0.25, -0.2) is 15.0 Å². The molecule has 16 nitrogen and oxygen atoms in total. The average Bonchev–Trinajstić information content (AvgIpc) is 4.06. The lowest BCUT2D eigenvalue weighted by molar-refractivity contribution is -0.150. The van der Waals surface area contributed by atoms with E-state index < -0.39 is 17.1 Å². The van der Waals surface area contributed by atoms with Gasteiger partial charge in [0.1, 0.15) is 17.8 Å². The van der Waals surface area contributed by atoms with E-state index in [0.29, 0.717) is 82.7 Å². The molecule has 5 aliphatic heterocycles. The molecule has 8 heterocycles. The monoisotopic (exact) mass is 995 g/mol. The van der Waals surface area contributed by atoms with Crippen molar-refractivity contribution < 1.29 is 29.0 Å². The molecule has 0 bridgehead atoms. The number of aliphatic hydroxyl groups is 1. The zero-order chi connectivity index (χ0) is 50.2. The summed E-state index contributed by atoms with van der Waals surface area (Å²) in [5, 5.41) is 16.0. The van der Waals surface area contributed by atoms with Crippen molar-refractivity contribution in [2.45, 2.75) is 178 Å². The predicted octanol–water partition coefficient (Wildman–Crippen LogP) is 7.45. The van der Waals surface area contributed by atoms with E-state index in [0.717, 1.165) is 109 Å². The molecule has 3 saturated carbocycles. The predicted molar refractivity (Wildman–Crippen MR) is 278 cm³/mol. The number of fused-ring (bicyclic) bond motifs is 3. The molecular weight excluding hydrogens is 921 g/mol. The van der Waals surface area contributed by atoms with Crippen LogP contribution in [0.3, 0.4) is 0 Å². The number of nitrogens with zero attached hydrogens (tertiary/aromatic N) is 8. The molecule has 12 rings (SSSR count). The van der Waals surface area contributed by atoms with Crippen molar-refractivity contribution in [3.05, 3.63) is 60.0 Å². The zero-order valence-electron chi connectivity index (χ0n) is 43.1. The van der Waals surface area contributed by atoms with Crippen LogP contribution in [-0.4, -0.2) is 133 Å². The highest BCUT2D eigenvalue weighted by Crippen LogP contribution is 2.53. The van der Waals surface area contributed by atoms with Crippen LogP contribution in [0.4, 0.5) is 11.5 Å². The maximum absolute atomic E-state index is 15.3. The number of ether oxygens (including phenoxy) is 1. The van der Waals surface area contributed by atoms with Crippen LogP contribution < -0.4 is 20.3 Å². The molecule has 2 unspecified atom stereocenters. The highest BCUT2D eigenvalue weighted by Gasteiger charge is 2.56. The fourth-order valence-electron chi connectivity index (χ4n) is 13.6. The fourth-order valence-corrected chi connectivity index (χ4v) is 13.6. The van der Waals surface area contributed by atoms with Crippen LogP contribution >= 0.6 is 0 Å². The van der Waals surface area contributed by atoms with Crippen molar-refractivity contribution in [1.29, 1.82) is 0 Å². The van der Waals surface area contributed by atoms with Crippen molar-refractivity contribution >= 4 is 46.2 Å². The summed E-state index contributed by atoms with van der Waals surface area (Å²) in [6, 6.07) is 13.7. The fraction of sp³-hybridized carbons (Fsp3) is 0.632. The third-order valence-corrected chi connectivity index (χ3v) is 18.5. The van der Waals surface area contributed by atoms with E-state index in [9.17, 15) is 19.5 Å². The number of benzene rings is 1. The number of pyridine rings is 2. The summed E-state index contributed by atoms with van der Waals surface area (Å²) in [5.74, 6) is 1.33. The number of amides is 4. The van der Waals surface area contributed by atoms with Gasteiger partial charge in [-0.05, 0) is 153 Å². The van der Waals surface area contributed by atoms with Crippen molar-refractivity contribution in [3.63, 3.8) is 0 Å². The van der Waals surface area contributed by atoms with E-state index in [1.807, 2.05) is 28.3 Å². The van der Waals surface area contributed by atoms with Crippen LogP contribution in [0.2, 0.25) is 0 Å². The number of hydrogen-bond acceptors (Lipinski definition) is 11. The summed E-state index contributed by atoms with van der Waals surface area (Å²) in [6.07, 6.45) is 17.3. The lowest BCUT2D eigenvalue weighted by atomic mass is 9.72. The molecule has 3 aromatic heterocycles. The van der Waals surface area contributed by atoms with Gasteiger partial charge in [0, 0.05) is 85.2 Å². The van der Waals surface area contributed by atoms with Crippen LogP contribution in [0.15, 0.2) is 48.9 Å². The molecule has 8 aliphatic rings. The molecule has 7 fully saturated rings. The first-order valence-corrected chi connectivity index (χ1v) is 27.9. The molecule has 16 heteroatoms. The second kappa shape index (κ2) is 19.3. The second-order valence-corrected chi connectivity index (χ2v) is 23.6. The number of nitrogens with one attached hydrogen (secondary N) is 2. The van der Waals surface area contributed by atoms with Gasteiger partial charge in [0.25, 0.3) is 0 Å². The van der Waals surface area contributed by atoms with Crippen molar-refractivity contribution in [2.75, 3.05) is 49.5 Å². The Kier molecular flexibility index (Phi) is 12.8. The summed E-state index contributed by atoms with van der Waals surface area (Å²) >= 11 is 0. The Morgan fingerprint density at radius 1 is 0.822 bits per heavy atom. The molecule has 73 heavy (non-hydrogen) atoms. The number of aliphatic hydroxyl groups excluding tert-OH is 1. The first-order valence-electron chi connectivity index (χ1n) is 27.9. The number of rotatable bonds is 11. The van der Waals surface area contributed by atoms with E-state index in [1.54, 1.807) is 6.20 Å². The second-order valence-electron chi connectivity index (χ2n) is 23.6. The number of anilines is 2. The maximum atomic E-state index is 15.3. The minimum Gasteiger partial charge on any atom is -0.474 e. The highest BCUT2D eigenvalue weighted by molar-refractivity contribution is 6.09. The topological polar surface area (TPSA) is 178 Å². The number of hydrogen-bond donors (Lipinski definition) is 3. The third kappa shape index (κ3) is 9.05. The number of imidazole rings is 1. The quantitative estimate of drug-likeness (QED) is 0.136. The van der Waals surface area contributed by atoms with Gasteiger partial charge in [-0.2, -0.15) is 0 Å². The molecule has 0 radical (unpaired) electrons. The lowest BCUT2D eigenvalue weighted by Gasteiger charge is -2.48. The SMILES string of the molecule is CC(C)n1cnc2cc(-c3ccc4c(c3)N([C@H]3C[C@@H](N5CCCCC5)C3)C(=O)C43CCN(C(=O)C4(C)CCN(C(=O)[C@H]5CC[C@H](Oc6ccc(C7CCC(O)NC7=O)cn6)CC5)CC4)CC3)nc(NC3CC3)c21. The van der Waals surface area contributed by atoms with Crippen LogP contribution in [0.1, 0.15) is 153 Å². The Labute approximate surface area is 429 Å². The molecule has 3 N–H and O–H groups in total. The highest BCUT2D eigenvalue weighted by atomic mass is 16.5. The molecule has 1 spiro atoms. The summed E-state index contributed by atoms with van der Waals surface area (Å²) in [5.41, 5.74) is 5.44. The number of likely N-dealkylation sites (tertiary alicyclic amines) is 3. The molecule has 388 valence electrons. The molecule has 4 amide bonds. The summed E-state index contributed by atoms with van der Waals surface area (Å²) in [7, 11) is 0. The molecule has 3 aliphatic carbocycles. The van der Waals surface area contributed by atoms with Crippen molar-refractivity contribution in [1.82, 2.24) is 39.5 Å². The van der Waals surface area contributed by atoms with Gasteiger partial charge in [0.05, 0.1) is 28.9 Å². The van der Waals surface area contributed by atoms with Crippen molar-refractivity contribution in [3.8, 4) is 17.1 Å². The Morgan fingerprint density at radius 2 is 1.56 bits per heavy atom. The number of carbonyl (C=O) groups excluding carboxylic acids is 4.